The summed E-state index contributed by atoms with van der Waals surface area (Å²) in [5.41, 5.74) is 0.348. The van der Waals surface area contributed by atoms with E-state index in [0.29, 0.717) is 15.8 Å². The number of ether oxygens (including phenoxy) is 2. The lowest BCUT2D eigenvalue weighted by Crippen LogP contribution is -2.30. The van der Waals surface area contributed by atoms with Gasteiger partial charge in [-0.2, -0.15) is 0 Å². The molecule has 1 atom stereocenters. The van der Waals surface area contributed by atoms with Crippen molar-refractivity contribution in [2.45, 2.75) is 23.7 Å². The van der Waals surface area contributed by atoms with E-state index in [1.807, 2.05) is 0 Å². The maximum absolute atomic E-state index is 12.6. The van der Waals surface area contributed by atoms with Crippen LogP contribution in [0.25, 0.3) is 0 Å². The van der Waals surface area contributed by atoms with Gasteiger partial charge in [0.1, 0.15) is 11.5 Å². The molecule has 0 saturated carbocycles. The van der Waals surface area contributed by atoms with Gasteiger partial charge >= 0.3 is 12.3 Å². The predicted octanol–water partition coefficient (Wildman–Crippen LogP) is 3.85. The van der Waals surface area contributed by atoms with Gasteiger partial charge < -0.3 is 14.6 Å². The third kappa shape index (κ3) is 6.61. The molecule has 0 aliphatic heterocycles. The summed E-state index contributed by atoms with van der Waals surface area (Å²) in [5, 5.41) is 9.13. The number of alkyl halides is 3. The zero-order valence-corrected chi connectivity index (χ0v) is 17.1. The van der Waals surface area contributed by atoms with Crippen LogP contribution in [0.3, 0.4) is 0 Å². The molecule has 7 nitrogen and oxygen atoms in total. The van der Waals surface area contributed by atoms with Gasteiger partial charge in [-0.3, -0.25) is 4.79 Å². The fourth-order valence-corrected chi connectivity index (χ4v) is 4.16. The molecule has 0 spiro atoms. The molecule has 0 radical (unpaired) electrons. The second-order valence-electron chi connectivity index (χ2n) is 5.68. The summed E-state index contributed by atoms with van der Waals surface area (Å²) in [4.78, 5) is 10.8. The molecule has 2 rings (SSSR count). The molecule has 2 aromatic rings. The number of benzene rings is 2. The lowest BCUT2D eigenvalue weighted by molar-refractivity contribution is -0.274. The lowest BCUT2D eigenvalue weighted by atomic mass is 10.0. The Morgan fingerprint density at radius 1 is 1.21 bits per heavy atom. The van der Waals surface area contributed by atoms with Crippen LogP contribution in [-0.2, 0) is 14.8 Å². The number of sulfonamides is 1. The summed E-state index contributed by atoms with van der Waals surface area (Å²) < 4.78 is 73.4. The molecule has 0 amide bonds. The zero-order chi connectivity index (χ0) is 21.8. The van der Waals surface area contributed by atoms with E-state index in [9.17, 15) is 26.4 Å². The van der Waals surface area contributed by atoms with Crippen LogP contribution in [-0.4, -0.2) is 33.0 Å². The van der Waals surface area contributed by atoms with Crippen LogP contribution in [0, 0.1) is 0 Å². The Balaban J connectivity index is 2.29. The van der Waals surface area contributed by atoms with Gasteiger partial charge in [0.05, 0.1) is 28.9 Å². The fraction of sp³-hybridized carbons (Fsp3) is 0.235. The third-order valence-electron chi connectivity index (χ3n) is 3.62. The summed E-state index contributed by atoms with van der Waals surface area (Å²) >= 11 is 3.24. The number of carboxylic acids is 1. The van der Waals surface area contributed by atoms with Crippen molar-refractivity contribution < 1.29 is 41.0 Å². The maximum Gasteiger partial charge on any atom is 0.573 e. The number of rotatable bonds is 8. The highest BCUT2D eigenvalue weighted by Gasteiger charge is 2.31. The van der Waals surface area contributed by atoms with Crippen molar-refractivity contribution in [2.24, 2.45) is 0 Å². The quantitative estimate of drug-likeness (QED) is 0.574. The molecule has 0 aliphatic rings. The molecule has 2 aromatic carbocycles. The van der Waals surface area contributed by atoms with Crippen LogP contribution < -0.4 is 14.2 Å². The minimum atomic E-state index is -4.91. The SMILES string of the molecule is COc1ccc([C@@H](CC(=O)O)NS(=O)(=O)c2ccc(OC(F)(F)F)cc2)cc1Br. The molecule has 0 saturated heterocycles. The van der Waals surface area contributed by atoms with Gasteiger partial charge in [-0.25, -0.2) is 13.1 Å². The molecule has 0 unspecified atom stereocenters. The molecule has 0 fully saturated rings. The average molecular weight is 498 g/mol. The monoisotopic (exact) mass is 497 g/mol. The number of aliphatic carboxylic acids is 1. The number of nitrogens with one attached hydrogen (secondary N) is 1. The summed E-state index contributed by atoms with van der Waals surface area (Å²) in [6.07, 6.45) is -5.47. The van der Waals surface area contributed by atoms with E-state index in [1.54, 1.807) is 0 Å². The van der Waals surface area contributed by atoms with Gasteiger partial charge in [0.15, 0.2) is 0 Å². The van der Waals surface area contributed by atoms with Gasteiger partial charge in [-0.1, -0.05) is 6.07 Å². The smallest absolute Gasteiger partial charge is 0.496 e. The maximum atomic E-state index is 12.6. The zero-order valence-electron chi connectivity index (χ0n) is 14.7. The van der Waals surface area contributed by atoms with E-state index < -0.39 is 40.6 Å². The van der Waals surface area contributed by atoms with Gasteiger partial charge in [-0.05, 0) is 57.9 Å². The summed E-state index contributed by atoms with van der Waals surface area (Å²) in [6, 6.07) is 6.94. The van der Waals surface area contributed by atoms with Gasteiger partial charge in [0, 0.05) is 0 Å². The van der Waals surface area contributed by atoms with Crippen LogP contribution in [0.5, 0.6) is 11.5 Å². The van der Waals surface area contributed by atoms with Gasteiger partial charge in [0.25, 0.3) is 0 Å². The van der Waals surface area contributed by atoms with E-state index in [0.717, 1.165) is 24.3 Å². The highest BCUT2D eigenvalue weighted by atomic mass is 79.9. The Kier molecular flexibility index (Phi) is 7.14. The normalized spacial score (nSPS) is 13.0. The number of carbonyl (C=O) groups is 1. The van der Waals surface area contributed by atoms with Gasteiger partial charge in [0.2, 0.25) is 10.0 Å². The van der Waals surface area contributed by atoms with Crippen LogP contribution >= 0.6 is 15.9 Å². The molecule has 0 aliphatic carbocycles. The van der Waals surface area contributed by atoms with Crippen molar-refractivity contribution in [1.29, 1.82) is 0 Å². The second-order valence-corrected chi connectivity index (χ2v) is 8.25. The van der Waals surface area contributed by atoms with Crippen LogP contribution in [0.15, 0.2) is 51.8 Å². The van der Waals surface area contributed by atoms with E-state index in [2.05, 4.69) is 25.4 Å². The number of methoxy groups -OCH3 is 1. The Morgan fingerprint density at radius 3 is 2.31 bits per heavy atom. The van der Waals surface area contributed by atoms with Crippen molar-refractivity contribution in [3.8, 4) is 11.5 Å². The molecule has 0 bridgehead atoms. The molecule has 158 valence electrons. The first-order chi connectivity index (χ1) is 13.4. The van der Waals surface area contributed by atoms with Crippen LogP contribution in [0.4, 0.5) is 13.2 Å². The van der Waals surface area contributed by atoms with Crippen molar-refractivity contribution in [1.82, 2.24) is 4.72 Å². The highest BCUT2D eigenvalue weighted by Crippen LogP contribution is 2.30. The summed E-state index contributed by atoms with van der Waals surface area (Å²) in [5.74, 6) is -1.37. The molecule has 0 heterocycles. The van der Waals surface area contributed by atoms with Crippen molar-refractivity contribution in [3.05, 3.63) is 52.5 Å². The highest BCUT2D eigenvalue weighted by molar-refractivity contribution is 9.10. The van der Waals surface area contributed by atoms with Crippen LogP contribution in [0.2, 0.25) is 0 Å². The standard InChI is InChI=1S/C17H15BrF3NO6S/c1-27-15-7-2-10(8-13(15)18)14(9-16(23)24)22-29(25,26)12-5-3-11(4-6-12)28-17(19,20)21/h2-8,14,22H,9H2,1H3,(H,23,24)/t14-/m1/s1. The first kappa shape index (κ1) is 23.0. The minimum absolute atomic E-state index is 0.348. The second kappa shape index (κ2) is 9.01. The van der Waals surface area contributed by atoms with E-state index >= 15 is 0 Å². The third-order valence-corrected chi connectivity index (χ3v) is 5.73. The first-order valence-electron chi connectivity index (χ1n) is 7.84. The van der Waals surface area contributed by atoms with E-state index in [-0.39, 0.29) is 4.90 Å². The van der Waals surface area contributed by atoms with Crippen LogP contribution in [0.1, 0.15) is 18.0 Å². The number of hydrogen-bond donors (Lipinski definition) is 2. The number of hydrogen-bond acceptors (Lipinski definition) is 5. The first-order valence-corrected chi connectivity index (χ1v) is 10.1. The Hall–Kier alpha value is -2.31. The molecule has 0 aromatic heterocycles. The van der Waals surface area contributed by atoms with E-state index in [4.69, 9.17) is 9.84 Å². The van der Waals surface area contributed by atoms with Crippen molar-refractivity contribution >= 4 is 31.9 Å². The Labute approximate surface area is 172 Å². The number of carboxylic acid groups (broad SMARTS) is 1. The largest absolute Gasteiger partial charge is 0.573 e. The van der Waals surface area contributed by atoms with Crippen molar-refractivity contribution in [2.75, 3.05) is 7.11 Å². The molecular weight excluding hydrogens is 483 g/mol. The predicted molar refractivity (Wildman–Crippen MR) is 99.1 cm³/mol. The molecular formula is C17H15BrF3NO6S. The lowest BCUT2D eigenvalue weighted by Gasteiger charge is -2.19. The Morgan fingerprint density at radius 2 is 1.83 bits per heavy atom. The molecule has 2 N–H and O–H groups in total. The van der Waals surface area contributed by atoms with Crippen molar-refractivity contribution in [3.63, 3.8) is 0 Å². The molecule has 29 heavy (non-hydrogen) atoms. The fourth-order valence-electron chi connectivity index (χ4n) is 2.38. The average Bonchev–Trinajstić information content (AvgIpc) is 2.59. The molecule has 12 heteroatoms. The minimum Gasteiger partial charge on any atom is -0.496 e. The number of halogens is 4. The topological polar surface area (TPSA) is 102 Å². The Bertz CT molecular complexity index is 980. The summed E-state index contributed by atoms with van der Waals surface area (Å²) in [7, 11) is -2.81. The van der Waals surface area contributed by atoms with Gasteiger partial charge in [-0.15, -0.1) is 13.2 Å². The summed E-state index contributed by atoms with van der Waals surface area (Å²) in [6.45, 7) is 0. The van der Waals surface area contributed by atoms with E-state index in [1.165, 1.54) is 25.3 Å².